The highest BCUT2D eigenvalue weighted by atomic mass is 16.5. The number of aliphatic hydroxyl groups excluding tert-OH is 1. The van der Waals surface area contributed by atoms with Gasteiger partial charge in [-0.05, 0) is 43.2 Å². The molecule has 2 aromatic rings. The molecule has 0 aromatic heterocycles. The van der Waals surface area contributed by atoms with Gasteiger partial charge in [-0.2, -0.15) is 0 Å². The number of esters is 1. The van der Waals surface area contributed by atoms with Crippen LogP contribution in [0, 0.1) is 11.8 Å². The van der Waals surface area contributed by atoms with Gasteiger partial charge in [-0.15, -0.1) is 13.2 Å². The number of likely N-dealkylation sites (tertiary alicyclic amines) is 1. The van der Waals surface area contributed by atoms with Crippen LogP contribution >= 0.6 is 0 Å². The second-order valence-corrected chi connectivity index (χ2v) is 10.0. The van der Waals surface area contributed by atoms with E-state index in [1.807, 2.05) is 60.7 Å². The summed E-state index contributed by atoms with van der Waals surface area (Å²) < 4.78 is 5.75. The molecule has 1 heterocycles. The minimum atomic E-state index is -0.622. The number of amides is 2. The molecule has 0 radical (unpaired) electrons. The van der Waals surface area contributed by atoms with E-state index < -0.39 is 12.0 Å². The number of carbonyl (C=O) groups is 3. The van der Waals surface area contributed by atoms with E-state index in [9.17, 15) is 19.5 Å². The molecule has 0 spiro atoms. The molecule has 1 saturated heterocycles. The molecule has 7 heteroatoms. The van der Waals surface area contributed by atoms with Crippen molar-refractivity contribution in [2.24, 2.45) is 11.8 Å². The van der Waals surface area contributed by atoms with Crippen molar-refractivity contribution in [2.45, 2.75) is 50.6 Å². The largest absolute Gasteiger partial charge is 0.463 e. The summed E-state index contributed by atoms with van der Waals surface area (Å²) in [5.74, 6) is -1.81. The first-order valence-electron chi connectivity index (χ1n) is 13.6. The summed E-state index contributed by atoms with van der Waals surface area (Å²) >= 11 is 0. The Balaban J connectivity index is 1.69. The van der Waals surface area contributed by atoms with Gasteiger partial charge in [0.05, 0.1) is 30.5 Å². The first kappa shape index (κ1) is 29.8. The van der Waals surface area contributed by atoms with Crippen LogP contribution < -0.4 is 5.32 Å². The Bertz CT molecular complexity index is 1090. The monoisotopic (exact) mass is 532 g/mol. The average molecular weight is 533 g/mol. The number of allylic oxidation sites excluding steroid dienone is 2. The van der Waals surface area contributed by atoms with Gasteiger partial charge < -0.3 is 20.1 Å². The summed E-state index contributed by atoms with van der Waals surface area (Å²) in [6.07, 6.45) is 6.31. The fourth-order valence-corrected chi connectivity index (χ4v) is 5.01. The van der Waals surface area contributed by atoms with Crippen LogP contribution in [-0.4, -0.2) is 53.6 Å². The van der Waals surface area contributed by atoms with Crippen molar-refractivity contribution >= 4 is 17.8 Å². The molecule has 2 aromatic carbocycles. The second kappa shape index (κ2) is 15.6. The van der Waals surface area contributed by atoms with E-state index >= 15 is 0 Å². The quantitative estimate of drug-likeness (QED) is 0.262. The number of nitrogens with one attached hydrogen (secondary N) is 1. The predicted molar refractivity (Wildman–Crippen MR) is 151 cm³/mol. The molecule has 2 N–H and O–H groups in total. The maximum atomic E-state index is 13.4. The zero-order valence-corrected chi connectivity index (χ0v) is 22.5. The zero-order valence-electron chi connectivity index (χ0n) is 22.5. The van der Waals surface area contributed by atoms with E-state index in [-0.39, 0.29) is 49.4 Å². The Morgan fingerprint density at radius 1 is 1.00 bits per heavy atom. The zero-order chi connectivity index (χ0) is 28.0. The first-order chi connectivity index (χ1) is 19.0. The molecule has 3 rings (SSSR count). The van der Waals surface area contributed by atoms with Gasteiger partial charge in [0.15, 0.2) is 0 Å². The van der Waals surface area contributed by atoms with Crippen LogP contribution in [0.5, 0.6) is 0 Å². The standard InChI is InChI=1S/C32H40N2O5/c1-3-12-26(21-30(36)34-19-11-18-28(34)22-35)31(37)33-29(25-16-9-6-10-17-25)23-39-32(38)27(13-4-2)20-24-14-7-5-8-15-24/h3-10,14-17,26-29,35H,1-2,11-13,18-23H2,(H,33,37)/t26-,27-,28+,29-/m1/s1. The molecule has 1 aliphatic rings. The fraction of sp³-hybridized carbons (Fsp3) is 0.406. The third-order valence-electron chi connectivity index (χ3n) is 7.17. The van der Waals surface area contributed by atoms with Crippen molar-refractivity contribution < 1.29 is 24.2 Å². The minimum absolute atomic E-state index is 0.0220. The number of hydrogen-bond acceptors (Lipinski definition) is 5. The summed E-state index contributed by atoms with van der Waals surface area (Å²) in [4.78, 5) is 41.1. The Kier molecular flexibility index (Phi) is 12.0. The van der Waals surface area contributed by atoms with Gasteiger partial charge in [-0.1, -0.05) is 72.8 Å². The van der Waals surface area contributed by atoms with Crippen LogP contribution in [-0.2, 0) is 25.5 Å². The summed E-state index contributed by atoms with van der Waals surface area (Å²) in [6, 6.07) is 18.3. The Labute approximate surface area is 231 Å². The number of benzene rings is 2. The number of aliphatic hydroxyl groups is 1. The van der Waals surface area contributed by atoms with E-state index in [0.29, 0.717) is 25.8 Å². The number of rotatable bonds is 15. The van der Waals surface area contributed by atoms with Crippen molar-refractivity contribution in [3.05, 3.63) is 97.1 Å². The third-order valence-corrected chi connectivity index (χ3v) is 7.17. The molecule has 4 atom stereocenters. The lowest BCUT2D eigenvalue weighted by Gasteiger charge is -2.26. The van der Waals surface area contributed by atoms with E-state index in [0.717, 1.165) is 24.0 Å². The maximum absolute atomic E-state index is 13.4. The van der Waals surface area contributed by atoms with Gasteiger partial charge in [0.1, 0.15) is 6.61 Å². The number of nitrogens with zero attached hydrogens (tertiary/aromatic N) is 1. The van der Waals surface area contributed by atoms with Crippen LogP contribution in [0.2, 0.25) is 0 Å². The maximum Gasteiger partial charge on any atom is 0.309 e. The lowest BCUT2D eigenvalue weighted by Crippen LogP contribution is -2.42. The SMILES string of the molecule is C=CC[C@H](CC(=O)N1CCC[C@H]1CO)C(=O)N[C@H](COC(=O)[C@H](CC=C)Cc1ccccc1)c1ccccc1. The van der Waals surface area contributed by atoms with Crippen molar-refractivity contribution in [3.63, 3.8) is 0 Å². The molecule has 0 unspecified atom stereocenters. The highest BCUT2D eigenvalue weighted by Gasteiger charge is 2.32. The second-order valence-electron chi connectivity index (χ2n) is 10.0. The molecule has 0 aliphatic carbocycles. The molecule has 1 fully saturated rings. The highest BCUT2D eigenvalue weighted by molar-refractivity contribution is 5.86. The van der Waals surface area contributed by atoms with Crippen molar-refractivity contribution in [2.75, 3.05) is 19.8 Å². The summed E-state index contributed by atoms with van der Waals surface area (Å²) in [6.45, 7) is 8.02. The first-order valence-corrected chi connectivity index (χ1v) is 13.6. The molecule has 2 amide bonds. The van der Waals surface area contributed by atoms with Crippen molar-refractivity contribution in [1.29, 1.82) is 0 Å². The van der Waals surface area contributed by atoms with Crippen molar-refractivity contribution in [1.82, 2.24) is 10.2 Å². The number of ether oxygens (including phenoxy) is 1. The fourth-order valence-electron chi connectivity index (χ4n) is 5.01. The number of hydrogen-bond donors (Lipinski definition) is 2. The molecule has 208 valence electrons. The topological polar surface area (TPSA) is 95.9 Å². The molecule has 7 nitrogen and oxygen atoms in total. The van der Waals surface area contributed by atoms with Crippen molar-refractivity contribution in [3.8, 4) is 0 Å². The minimum Gasteiger partial charge on any atom is -0.463 e. The average Bonchev–Trinajstić information content (AvgIpc) is 3.45. The van der Waals surface area contributed by atoms with Gasteiger partial charge in [0, 0.05) is 13.0 Å². The summed E-state index contributed by atoms with van der Waals surface area (Å²) in [5.41, 5.74) is 1.83. The van der Waals surface area contributed by atoms with Crippen LogP contribution in [0.3, 0.4) is 0 Å². The third kappa shape index (κ3) is 8.93. The van der Waals surface area contributed by atoms with E-state index in [2.05, 4.69) is 18.5 Å². The smallest absolute Gasteiger partial charge is 0.309 e. The molecule has 0 bridgehead atoms. The Morgan fingerprint density at radius 3 is 2.28 bits per heavy atom. The summed E-state index contributed by atoms with van der Waals surface area (Å²) in [5, 5.41) is 12.6. The normalized spacial score (nSPS) is 17.1. The lowest BCUT2D eigenvalue weighted by molar-refractivity contribution is -0.150. The molecular formula is C32H40N2O5. The van der Waals surface area contributed by atoms with E-state index in [1.54, 1.807) is 17.1 Å². The van der Waals surface area contributed by atoms with Gasteiger partial charge in [0.2, 0.25) is 11.8 Å². The predicted octanol–water partition coefficient (Wildman–Crippen LogP) is 4.39. The van der Waals surface area contributed by atoms with Gasteiger partial charge >= 0.3 is 5.97 Å². The van der Waals surface area contributed by atoms with Crippen LogP contribution in [0.15, 0.2) is 86.0 Å². The molecule has 0 saturated carbocycles. The van der Waals surface area contributed by atoms with Crippen LogP contribution in [0.25, 0.3) is 0 Å². The molecular weight excluding hydrogens is 492 g/mol. The van der Waals surface area contributed by atoms with E-state index in [1.165, 1.54) is 0 Å². The molecule has 1 aliphatic heterocycles. The summed E-state index contributed by atoms with van der Waals surface area (Å²) in [7, 11) is 0. The Hall–Kier alpha value is -3.71. The molecule has 39 heavy (non-hydrogen) atoms. The lowest BCUT2D eigenvalue weighted by atomic mass is 9.96. The van der Waals surface area contributed by atoms with E-state index in [4.69, 9.17) is 4.74 Å². The van der Waals surface area contributed by atoms with Crippen LogP contribution in [0.1, 0.15) is 49.3 Å². The van der Waals surface area contributed by atoms with Gasteiger partial charge in [-0.25, -0.2) is 0 Å². The Morgan fingerprint density at radius 2 is 1.64 bits per heavy atom. The van der Waals surface area contributed by atoms with Gasteiger partial charge in [0.25, 0.3) is 0 Å². The highest BCUT2D eigenvalue weighted by Crippen LogP contribution is 2.23. The number of carbonyl (C=O) groups excluding carboxylic acids is 3. The van der Waals surface area contributed by atoms with Crippen LogP contribution in [0.4, 0.5) is 0 Å². The van der Waals surface area contributed by atoms with Gasteiger partial charge in [-0.3, -0.25) is 14.4 Å².